The average molecular weight is 331 g/mol. The van der Waals surface area contributed by atoms with Crippen molar-refractivity contribution in [3.05, 3.63) is 29.8 Å². The first-order chi connectivity index (χ1) is 11.5. The van der Waals surface area contributed by atoms with E-state index in [0.29, 0.717) is 19.6 Å². The first kappa shape index (κ1) is 16.8. The lowest BCUT2D eigenvalue weighted by Gasteiger charge is -2.46. The molecule has 0 radical (unpaired) electrons. The van der Waals surface area contributed by atoms with Crippen LogP contribution >= 0.6 is 0 Å². The number of nitrogens with one attached hydrogen (secondary N) is 1. The van der Waals surface area contributed by atoms with Gasteiger partial charge in [0.25, 0.3) is 0 Å². The summed E-state index contributed by atoms with van der Waals surface area (Å²) in [6, 6.07) is 7.12. The van der Waals surface area contributed by atoms with Crippen LogP contribution in [0.25, 0.3) is 0 Å². The topological polar surface area (TPSA) is 61.9 Å². The second-order valence-corrected chi connectivity index (χ2v) is 6.82. The molecular weight excluding hydrogens is 306 g/mol. The summed E-state index contributed by atoms with van der Waals surface area (Å²) in [5.41, 5.74) is 1.09. The molecule has 1 N–H and O–H groups in total. The van der Waals surface area contributed by atoms with Crippen molar-refractivity contribution in [2.75, 3.05) is 26.7 Å². The fourth-order valence-electron chi connectivity index (χ4n) is 3.49. The lowest BCUT2D eigenvalue weighted by Crippen LogP contribution is -2.70. The smallest absolute Gasteiger partial charge is 0.246 e. The molecule has 6 nitrogen and oxygen atoms in total. The van der Waals surface area contributed by atoms with E-state index in [4.69, 9.17) is 4.74 Å². The summed E-state index contributed by atoms with van der Waals surface area (Å²) in [6.45, 7) is 6.54. The molecule has 2 saturated heterocycles. The highest BCUT2D eigenvalue weighted by atomic mass is 16.5. The van der Waals surface area contributed by atoms with Crippen molar-refractivity contribution in [3.8, 4) is 5.75 Å². The number of carbonyl (C=O) groups is 2. The lowest BCUT2D eigenvalue weighted by atomic mass is 9.96. The Morgan fingerprint density at radius 2 is 2.00 bits per heavy atom. The first-order valence-corrected chi connectivity index (χ1v) is 8.46. The molecule has 1 aromatic rings. The van der Waals surface area contributed by atoms with Crippen LogP contribution < -0.4 is 10.1 Å². The fourth-order valence-corrected chi connectivity index (χ4v) is 3.49. The highest BCUT2D eigenvalue weighted by molar-refractivity contribution is 5.97. The normalized spacial score (nSPS) is 24.8. The molecule has 24 heavy (non-hydrogen) atoms. The van der Waals surface area contributed by atoms with E-state index in [1.807, 2.05) is 38.1 Å². The number of carbonyl (C=O) groups excluding carboxylic acids is 2. The van der Waals surface area contributed by atoms with E-state index in [2.05, 4.69) is 10.2 Å². The Kier molecular flexibility index (Phi) is 4.76. The molecule has 0 aliphatic carbocycles. The Morgan fingerprint density at radius 1 is 1.25 bits per heavy atom. The van der Waals surface area contributed by atoms with E-state index in [9.17, 15) is 9.59 Å². The summed E-state index contributed by atoms with van der Waals surface area (Å²) >= 11 is 0. The van der Waals surface area contributed by atoms with Crippen molar-refractivity contribution in [1.29, 1.82) is 0 Å². The van der Waals surface area contributed by atoms with Crippen LogP contribution in [-0.4, -0.2) is 60.4 Å². The van der Waals surface area contributed by atoms with Gasteiger partial charge in [-0.25, -0.2) is 0 Å². The van der Waals surface area contributed by atoms with Crippen molar-refractivity contribution >= 4 is 11.8 Å². The van der Waals surface area contributed by atoms with Crippen LogP contribution in [0.15, 0.2) is 24.3 Å². The quantitative estimate of drug-likeness (QED) is 0.889. The van der Waals surface area contributed by atoms with Gasteiger partial charge in [0, 0.05) is 31.7 Å². The largest absolute Gasteiger partial charge is 0.496 e. The number of hydrogen-bond donors (Lipinski definition) is 1. The molecule has 2 amide bonds. The Labute approximate surface area is 142 Å². The molecule has 2 atom stereocenters. The van der Waals surface area contributed by atoms with E-state index < -0.39 is 12.1 Å². The maximum Gasteiger partial charge on any atom is 0.246 e. The third-order valence-corrected chi connectivity index (χ3v) is 4.87. The van der Waals surface area contributed by atoms with Crippen LogP contribution in [0.4, 0.5) is 0 Å². The summed E-state index contributed by atoms with van der Waals surface area (Å²) in [6.07, 6.45) is 0. The molecule has 0 bridgehead atoms. The third-order valence-electron chi connectivity index (χ3n) is 4.87. The molecular formula is C18H25N3O3. The molecule has 2 fully saturated rings. The molecule has 1 aromatic carbocycles. The van der Waals surface area contributed by atoms with Gasteiger partial charge in [-0.15, -0.1) is 0 Å². The van der Waals surface area contributed by atoms with Gasteiger partial charge < -0.3 is 15.0 Å². The van der Waals surface area contributed by atoms with Crippen LogP contribution in [0, 0.1) is 5.92 Å². The molecule has 3 rings (SSSR count). The van der Waals surface area contributed by atoms with Gasteiger partial charge in [-0.2, -0.15) is 0 Å². The van der Waals surface area contributed by atoms with Crippen LogP contribution in [-0.2, 0) is 16.1 Å². The maximum absolute atomic E-state index is 12.6. The second-order valence-electron chi connectivity index (χ2n) is 6.82. The summed E-state index contributed by atoms with van der Waals surface area (Å²) in [4.78, 5) is 29.0. The number of hydrogen-bond acceptors (Lipinski definition) is 4. The number of nitrogens with zero attached hydrogens (tertiary/aromatic N) is 2. The molecule has 6 heteroatoms. The molecule has 2 aliphatic rings. The van der Waals surface area contributed by atoms with Crippen molar-refractivity contribution < 1.29 is 14.3 Å². The minimum Gasteiger partial charge on any atom is -0.496 e. The van der Waals surface area contributed by atoms with Gasteiger partial charge in [0.05, 0.1) is 7.11 Å². The zero-order valence-corrected chi connectivity index (χ0v) is 14.5. The van der Waals surface area contributed by atoms with E-state index in [0.717, 1.165) is 17.9 Å². The van der Waals surface area contributed by atoms with Crippen molar-refractivity contribution in [2.45, 2.75) is 32.5 Å². The van der Waals surface area contributed by atoms with Crippen LogP contribution in [0.2, 0.25) is 0 Å². The zero-order valence-electron chi connectivity index (χ0n) is 14.5. The highest BCUT2D eigenvalue weighted by Gasteiger charge is 2.44. The number of piperazine rings is 2. The third kappa shape index (κ3) is 3.11. The van der Waals surface area contributed by atoms with Crippen molar-refractivity contribution in [2.24, 2.45) is 5.92 Å². The summed E-state index contributed by atoms with van der Waals surface area (Å²) in [5.74, 6) is 0.961. The van der Waals surface area contributed by atoms with Gasteiger partial charge in [-0.05, 0) is 12.0 Å². The molecule has 2 aliphatic heterocycles. The van der Waals surface area contributed by atoms with Gasteiger partial charge in [0.15, 0.2) is 0 Å². The zero-order chi connectivity index (χ0) is 17.3. The standard InChI is InChI=1S/C18H25N3O3/c1-12(2)16-18(23)21-9-8-20(11-14(21)17(22)19-16)10-13-6-4-5-7-15(13)24-3/h4-7,12,14,16H,8-11H2,1-3H3,(H,19,22)/t14-,16+/m1/s1. The number of ether oxygens (including phenoxy) is 1. The fraction of sp³-hybridized carbons (Fsp3) is 0.556. The van der Waals surface area contributed by atoms with Crippen LogP contribution in [0.5, 0.6) is 5.75 Å². The summed E-state index contributed by atoms with van der Waals surface area (Å²) < 4.78 is 5.40. The molecule has 0 spiro atoms. The van der Waals surface area contributed by atoms with E-state index in [1.165, 1.54) is 0 Å². The maximum atomic E-state index is 12.6. The molecule has 0 unspecified atom stereocenters. The number of amides is 2. The van der Waals surface area contributed by atoms with Gasteiger partial charge in [-0.3, -0.25) is 14.5 Å². The number of methoxy groups -OCH3 is 1. The van der Waals surface area contributed by atoms with Gasteiger partial charge >= 0.3 is 0 Å². The van der Waals surface area contributed by atoms with E-state index >= 15 is 0 Å². The van der Waals surface area contributed by atoms with Crippen molar-refractivity contribution in [1.82, 2.24) is 15.1 Å². The van der Waals surface area contributed by atoms with Crippen LogP contribution in [0.1, 0.15) is 19.4 Å². The Morgan fingerprint density at radius 3 is 2.71 bits per heavy atom. The Bertz CT molecular complexity index is 632. The van der Waals surface area contributed by atoms with E-state index in [-0.39, 0.29) is 17.7 Å². The Hall–Kier alpha value is -2.08. The Balaban J connectivity index is 1.71. The predicted octanol–water partition coefficient (Wildman–Crippen LogP) is 0.862. The minimum absolute atomic E-state index is 0.0435. The van der Waals surface area contributed by atoms with Gasteiger partial charge in [0.1, 0.15) is 17.8 Å². The number of benzene rings is 1. The SMILES string of the molecule is COc1ccccc1CN1CCN2C(=O)[C@H](C(C)C)NC(=O)[C@H]2C1. The monoisotopic (exact) mass is 331 g/mol. The number of para-hydroxylation sites is 1. The van der Waals surface area contributed by atoms with Gasteiger partial charge in [0.2, 0.25) is 11.8 Å². The summed E-state index contributed by atoms with van der Waals surface area (Å²) in [7, 11) is 1.66. The molecule has 130 valence electrons. The molecule has 0 aromatic heterocycles. The second kappa shape index (κ2) is 6.81. The van der Waals surface area contributed by atoms with Gasteiger partial charge in [-0.1, -0.05) is 32.0 Å². The van der Waals surface area contributed by atoms with Crippen molar-refractivity contribution in [3.63, 3.8) is 0 Å². The highest BCUT2D eigenvalue weighted by Crippen LogP contribution is 2.23. The van der Waals surface area contributed by atoms with E-state index in [1.54, 1.807) is 12.0 Å². The first-order valence-electron chi connectivity index (χ1n) is 8.46. The number of rotatable bonds is 4. The van der Waals surface area contributed by atoms with Crippen LogP contribution in [0.3, 0.4) is 0 Å². The predicted molar refractivity (Wildman–Crippen MR) is 90.5 cm³/mol. The molecule has 0 saturated carbocycles. The lowest BCUT2D eigenvalue weighted by molar-refractivity contribution is -0.154. The number of fused-ring (bicyclic) bond motifs is 1. The average Bonchev–Trinajstić information content (AvgIpc) is 2.58. The molecule has 2 heterocycles. The summed E-state index contributed by atoms with van der Waals surface area (Å²) in [5, 5.41) is 2.89. The minimum atomic E-state index is -0.394.